The molecule has 1 heterocycles. The zero-order valence-electron chi connectivity index (χ0n) is 9.34. The van der Waals surface area contributed by atoms with Gasteiger partial charge in [0.2, 0.25) is 0 Å². The molecule has 0 spiro atoms. The van der Waals surface area contributed by atoms with Gasteiger partial charge in [-0.3, -0.25) is 4.98 Å². The molecule has 0 aromatic carbocycles. The number of halogens is 5. The van der Waals surface area contributed by atoms with Gasteiger partial charge in [0.15, 0.2) is 0 Å². The third-order valence-electron chi connectivity index (χ3n) is 2.07. The van der Waals surface area contributed by atoms with Crippen molar-refractivity contribution in [3.05, 3.63) is 23.0 Å². The molecule has 9 heteroatoms. The quantitative estimate of drug-likeness (QED) is 0.860. The van der Waals surface area contributed by atoms with Gasteiger partial charge >= 0.3 is 6.36 Å². The highest BCUT2D eigenvalue weighted by atomic mass is 19.4. The van der Waals surface area contributed by atoms with Crippen LogP contribution in [0.4, 0.5) is 22.0 Å². The van der Waals surface area contributed by atoms with E-state index in [9.17, 15) is 22.0 Å². The Morgan fingerprint density at radius 2 is 2.05 bits per heavy atom. The molecule has 2 N–H and O–H groups in total. The molecule has 0 radical (unpaired) electrons. The van der Waals surface area contributed by atoms with E-state index >= 15 is 0 Å². The van der Waals surface area contributed by atoms with Gasteiger partial charge in [0.1, 0.15) is 11.4 Å². The SMILES string of the molecule is N#CCc1cc(OC(F)(F)F)c(CN)c(C(F)F)n1. The van der Waals surface area contributed by atoms with Gasteiger partial charge in [0.25, 0.3) is 6.43 Å². The lowest BCUT2D eigenvalue weighted by atomic mass is 10.1. The second-order valence-corrected chi connectivity index (χ2v) is 3.36. The van der Waals surface area contributed by atoms with Crippen LogP contribution in [0.15, 0.2) is 6.07 Å². The average Bonchev–Trinajstić information content (AvgIpc) is 2.26. The van der Waals surface area contributed by atoms with Crippen LogP contribution in [0.25, 0.3) is 0 Å². The highest BCUT2D eigenvalue weighted by molar-refractivity contribution is 5.39. The number of nitrogens with zero attached hydrogens (tertiary/aromatic N) is 2. The molecule has 0 aliphatic carbocycles. The summed E-state index contributed by atoms with van der Waals surface area (Å²) in [6.45, 7) is -0.592. The Kier molecular flexibility index (Phi) is 4.61. The van der Waals surface area contributed by atoms with Crippen LogP contribution in [0, 0.1) is 11.3 Å². The minimum absolute atomic E-state index is 0.241. The van der Waals surface area contributed by atoms with Crippen molar-refractivity contribution in [1.29, 1.82) is 5.26 Å². The Morgan fingerprint density at radius 1 is 1.42 bits per heavy atom. The van der Waals surface area contributed by atoms with E-state index in [0.29, 0.717) is 0 Å². The van der Waals surface area contributed by atoms with E-state index < -0.39 is 42.8 Å². The molecule has 1 aromatic rings. The van der Waals surface area contributed by atoms with E-state index in [4.69, 9.17) is 11.0 Å². The minimum Gasteiger partial charge on any atom is -0.405 e. The van der Waals surface area contributed by atoms with E-state index in [1.165, 1.54) is 0 Å². The summed E-state index contributed by atoms with van der Waals surface area (Å²) in [6.07, 6.45) is -8.58. The van der Waals surface area contributed by atoms with Crippen molar-refractivity contribution in [3.8, 4) is 11.8 Å². The zero-order chi connectivity index (χ0) is 14.6. The summed E-state index contributed by atoms with van der Waals surface area (Å²) < 4.78 is 65.6. The second kappa shape index (κ2) is 5.79. The molecule has 1 aromatic heterocycles. The van der Waals surface area contributed by atoms with E-state index in [0.717, 1.165) is 6.07 Å². The molecule has 0 saturated heterocycles. The zero-order valence-corrected chi connectivity index (χ0v) is 9.34. The summed E-state index contributed by atoms with van der Waals surface area (Å²) in [7, 11) is 0. The fourth-order valence-corrected chi connectivity index (χ4v) is 1.39. The molecule has 0 fully saturated rings. The summed E-state index contributed by atoms with van der Waals surface area (Å²) in [4.78, 5) is 3.42. The maximum absolute atomic E-state index is 12.7. The lowest BCUT2D eigenvalue weighted by Crippen LogP contribution is -2.20. The lowest BCUT2D eigenvalue weighted by Gasteiger charge is -2.16. The van der Waals surface area contributed by atoms with Crippen molar-refractivity contribution in [1.82, 2.24) is 4.98 Å². The van der Waals surface area contributed by atoms with Gasteiger partial charge in [0.05, 0.1) is 18.2 Å². The number of rotatable bonds is 4. The van der Waals surface area contributed by atoms with E-state index in [-0.39, 0.29) is 5.69 Å². The van der Waals surface area contributed by atoms with E-state index in [2.05, 4.69) is 9.72 Å². The van der Waals surface area contributed by atoms with Crippen molar-refractivity contribution in [3.63, 3.8) is 0 Å². The molecule has 0 saturated carbocycles. The highest BCUT2D eigenvalue weighted by Crippen LogP contribution is 2.32. The summed E-state index contributed by atoms with van der Waals surface area (Å²) in [5, 5.41) is 8.43. The normalized spacial score (nSPS) is 11.5. The van der Waals surface area contributed by atoms with Gasteiger partial charge in [-0.05, 0) is 0 Å². The van der Waals surface area contributed by atoms with Crippen molar-refractivity contribution in [2.75, 3.05) is 0 Å². The highest BCUT2D eigenvalue weighted by Gasteiger charge is 2.33. The summed E-state index contributed by atoms with van der Waals surface area (Å²) in [5.41, 5.74) is 3.46. The van der Waals surface area contributed by atoms with Gasteiger partial charge in [-0.2, -0.15) is 5.26 Å². The third-order valence-corrected chi connectivity index (χ3v) is 2.07. The lowest BCUT2D eigenvalue weighted by molar-refractivity contribution is -0.275. The summed E-state index contributed by atoms with van der Waals surface area (Å²) in [5.74, 6) is -0.856. The molecule has 0 amide bonds. The van der Waals surface area contributed by atoms with Crippen molar-refractivity contribution in [2.45, 2.75) is 25.8 Å². The molecular weight excluding hydrogens is 273 g/mol. The number of nitrogens with two attached hydrogens (primary N) is 1. The molecule has 4 nitrogen and oxygen atoms in total. The molecule has 0 atom stereocenters. The number of hydrogen-bond acceptors (Lipinski definition) is 4. The van der Waals surface area contributed by atoms with E-state index in [1.54, 1.807) is 6.07 Å². The molecule has 19 heavy (non-hydrogen) atoms. The van der Waals surface area contributed by atoms with Gasteiger partial charge in [0, 0.05) is 18.2 Å². The maximum atomic E-state index is 12.7. The van der Waals surface area contributed by atoms with Crippen molar-refractivity contribution >= 4 is 0 Å². The number of nitriles is 1. The summed E-state index contributed by atoms with van der Waals surface area (Å²) >= 11 is 0. The largest absolute Gasteiger partial charge is 0.573 e. The Hall–Kier alpha value is -1.95. The Morgan fingerprint density at radius 3 is 2.47 bits per heavy atom. The first-order valence-corrected chi connectivity index (χ1v) is 4.92. The molecule has 104 valence electrons. The number of hydrogen-bond donors (Lipinski definition) is 1. The average molecular weight is 281 g/mol. The predicted octanol–water partition coefficient (Wildman–Crippen LogP) is 2.44. The minimum atomic E-state index is -5.05. The summed E-state index contributed by atoms with van der Waals surface area (Å²) in [6, 6.07) is 2.38. The van der Waals surface area contributed by atoms with Crippen molar-refractivity contribution < 1.29 is 26.7 Å². The fourth-order valence-electron chi connectivity index (χ4n) is 1.39. The van der Waals surface area contributed by atoms with Gasteiger partial charge in [-0.25, -0.2) is 8.78 Å². The number of pyridine rings is 1. The van der Waals surface area contributed by atoms with Crippen LogP contribution in [-0.2, 0) is 13.0 Å². The first-order valence-electron chi connectivity index (χ1n) is 4.92. The molecule has 0 bridgehead atoms. The molecular formula is C10H8F5N3O. The van der Waals surface area contributed by atoms with Crippen LogP contribution in [0.3, 0.4) is 0 Å². The molecule has 0 aliphatic rings. The van der Waals surface area contributed by atoms with Crippen LogP contribution >= 0.6 is 0 Å². The standard InChI is InChI=1S/C10H8F5N3O/c11-9(12)8-6(4-17)7(19-10(13,14)15)3-5(18-8)1-2-16/h3,9H,1,4,17H2. The number of ether oxygens (including phenoxy) is 1. The maximum Gasteiger partial charge on any atom is 0.573 e. The monoisotopic (exact) mass is 281 g/mol. The smallest absolute Gasteiger partial charge is 0.405 e. The Labute approximate surface area is 104 Å². The number of aromatic nitrogens is 1. The topological polar surface area (TPSA) is 71.9 Å². The Bertz CT molecular complexity index is 495. The van der Waals surface area contributed by atoms with Gasteiger partial charge in [-0.1, -0.05) is 0 Å². The van der Waals surface area contributed by atoms with Crippen LogP contribution in [0.5, 0.6) is 5.75 Å². The predicted molar refractivity (Wildman–Crippen MR) is 53.1 cm³/mol. The molecule has 0 unspecified atom stereocenters. The third kappa shape index (κ3) is 4.03. The number of alkyl halides is 5. The molecule has 0 aliphatic heterocycles. The fraction of sp³-hybridized carbons (Fsp3) is 0.400. The van der Waals surface area contributed by atoms with E-state index in [1.807, 2.05) is 0 Å². The van der Waals surface area contributed by atoms with Gasteiger partial charge < -0.3 is 10.5 Å². The Balaban J connectivity index is 3.36. The van der Waals surface area contributed by atoms with Crippen LogP contribution in [0.2, 0.25) is 0 Å². The van der Waals surface area contributed by atoms with Crippen LogP contribution in [0.1, 0.15) is 23.4 Å². The van der Waals surface area contributed by atoms with Gasteiger partial charge in [-0.15, -0.1) is 13.2 Å². The first kappa shape index (κ1) is 15.1. The molecule has 1 rings (SSSR count). The second-order valence-electron chi connectivity index (χ2n) is 3.36. The first-order chi connectivity index (χ1) is 8.78. The van der Waals surface area contributed by atoms with Crippen LogP contribution < -0.4 is 10.5 Å². The van der Waals surface area contributed by atoms with Crippen LogP contribution in [-0.4, -0.2) is 11.3 Å². The van der Waals surface area contributed by atoms with Crippen molar-refractivity contribution in [2.24, 2.45) is 5.73 Å².